The van der Waals surface area contributed by atoms with E-state index in [9.17, 15) is 19.4 Å². The second-order valence-corrected chi connectivity index (χ2v) is 4.61. The summed E-state index contributed by atoms with van der Waals surface area (Å²) in [5.41, 5.74) is -0.589. The van der Waals surface area contributed by atoms with Crippen molar-refractivity contribution in [1.29, 1.82) is 0 Å². The lowest BCUT2D eigenvalue weighted by molar-refractivity contribution is 0.0689. The molecule has 0 aliphatic carbocycles. The van der Waals surface area contributed by atoms with Crippen molar-refractivity contribution in [1.82, 2.24) is 9.78 Å². The summed E-state index contributed by atoms with van der Waals surface area (Å²) in [6.45, 7) is 0. The van der Waals surface area contributed by atoms with Gasteiger partial charge in [-0.15, -0.1) is 0 Å². The maximum atomic E-state index is 14.0. The first kappa shape index (κ1) is 13.3. The van der Waals surface area contributed by atoms with E-state index >= 15 is 0 Å². The van der Waals surface area contributed by atoms with Crippen LogP contribution in [-0.4, -0.2) is 31.1 Å². The Labute approximate surface area is 114 Å². The van der Waals surface area contributed by atoms with Gasteiger partial charge in [0.1, 0.15) is 0 Å². The van der Waals surface area contributed by atoms with E-state index in [0.717, 1.165) is 16.8 Å². The molecule has 8 heteroatoms. The number of aromatic nitrogens is 2. The van der Waals surface area contributed by atoms with Crippen LogP contribution < -0.4 is 0 Å². The summed E-state index contributed by atoms with van der Waals surface area (Å²) in [6.07, 6.45) is 0. The summed E-state index contributed by atoms with van der Waals surface area (Å²) in [7, 11) is 1.40. The van der Waals surface area contributed by atoms with Crippen molar-refractivity contribution in [3.8, 4) is 22.8 Å². The molecule has 6 nitrogen and oxygen atoms in total. The predicted molar refractivity (Wildman–Crippen MR) is 66.6 cm³/mol. The van der Waals surface area contributed by atoms with Crippen molar-refractivity contribution >= 4 is 21.9 Å². The Morgan fingerprint density at radius 2 is 2.05 bits per heavy atom. The molecule has 0 unspecified atom stereocenters. The molecular weight excluding hydrogens is 323 g/mol. The van der Waals surface area contributed by atoms with Gasteiger partial charge in [-0.25, -0.2) is 9.18 Å². The predicted octanol–water partition coefficient (Wildman–Crippen LogP) is 2.10. The Morgan fingerprint density at radius 3 is 2.58 bits per heavy atom. The smallest absolute Gasteiger partial charge is 0.356 e. The van der Waals surface area contributed by atoms with E-state index in [4.69, 9.17) is 5.11 Å². The minimum atomic E-state index is -1.28. The number of carboxylic acids is 1. The molecule has 0 amide bonds. The summed E-state index contributed by atoms with van der Waals surface area (Å²) in [6, 6.07) is 2.11. The van der Waals surface area contributed by atoms with Crippen molar-refractivity contribution in [3.63, 3.8) is 0 Å². The lowest BCUT2D eigenvalue weighted by Crippen LogP contribution is -2.00. The van der Waals surface area contributed by atoms with Crippen molar-refractivity contribution in [2.75, 3.05) is 0 Å². The molecule has 100 valence electrons. The number of phenolic OH excluding ortho intramolecular Hbond substituents is 2. The molecular formula is C11H8BrFN2O4. The molecule has 2 rings (SSSR count). The zero-order valence-corrected chi connectivity index (χ0v) is 11.1. The number of hydrogen-bond donors (Lipinski definition) is 3. The summed E-state index contributed by atoms with van der Waals surface area (Å²) >= 11 is 2.90. The van der Waals surface area contributed by atoms with Gasteiger partial charge in [0, 0.05) is 13.1 Å². The Bertz CT molecular complexity index is 658. The molecule has 1 aromatic carbocycles. The van der Waals surface area contributed by atoms with E-state index < -0.39 is 23.3 Å². The molecule has 0 fully saturated rings. The molecule has 0 bridgehead atoms. The quantitative estimate of drug-likeness (QED) is 0.733. The van der Waals surface area contributed by atoms with Crippen LogP contribution in [0.25, 0.3) is 11.3 Å². The molecule has 0 saturated heterocycles. The van der Waals surface area contributed by atoms with E-state index in [1.54, 1.807) is 0 Å². The molecule has 1 heterocycles. The van der Waals surface area contributed by atoms with Crippen LogP contribution in [0.15, 0.2) is 16.6 Å². The number of rotatable bonds is 2. The highest BCUT2D eigenvalue weighted by atomic mass is 79.9. The molecule has 1 aromatic heterocycles. The minimum Gasteiger partial charge on any atom is -0.504 e. The third-order valence-electron chi connectivity index (χ3n) is 2.53. The van der Waals surface area contributed by atoms with Gasteiger partial charge in [-0.1, -0.05) is 0 Å². The van der Waals surface area contributed by atoms with Gasteiger partial charge >= 0.3 is 5.97 Å². The number of aromatic hydroxyl groups is 2. The van der Waals surface area contributed by atoms with Gasteiger partial charge in [-0.3, -0.25) is 4.68 Å². The lowest BCUT2D eigenvalue weighted by Gasteiger charge is -2.09. The molecule has 3 N–H and O–H groups in total. The summed E-state index contributed by atoms with van der Waals surface area (Å²) < 4.78 is 15.1. The Hall–Kier alpha value is -2.09. The highest BCUT2D eigenvalue weighted by Crippen LogP contribution is 2.41. The summed E-state index contributed by atoms with van der Waals surface area (Å²) in [4.78, 5) is 10.8. The number of carboxylic acid groups (broad SMARTS) is 1. The number of aryl methyl sites for hydroxylation is 1. The number of halogens is 2. The first-order chi connectivity index (χ1) is 8.82. The van der Waals surface area contributed by atoms with Crippen LogP contribution in [0, 0.1) is 5.82 Å². The monoisotopic (exact) mass is 330 g/mol. The maximum absolute atomic E-state index is 14.0. The van der Waals surface area contributed by atoms with E-state index in [0.29, 0.717) is 0 Å². The number of benzene rings is 1. The van der Waals surface area contributed by atoms with Gasteiger partial charge in [0.05, 0.1) is 15.7 Å². The largest absolute Gasteiger partial charge is 0.504 e. The first-order valence-electron chi connectivity index (χ1n) is 5.00. The van der Waals surface area contributed by atoms with Crippen LogP contribution >= 0.6 is 15.9 Å². The molecule has 19 heavy (non-hydrogen) atoms. The van der Waals surface area contributed by atoms with E-state index in [2.05, 4.69) is 21.0 Å². The van der Waals surface area contributed by atoms with Crippen LogP contribution in [0.1, 0.15) is 10.5 Å². The number of phenols is 2. The zero-order valence-electron chi connectivity index (χ0n) is 9.55. The molecule has 0 aliphatic rings. The first-order valence-corrected chi connectivity index (χ1v) is 5.80. The fourth-order valence-electron chi connectivity index (χ4n) is 1.64. The number of hydrogen-bond acceptors (Lipinski definition) is 4. The average Bonchev–Trinajstić information content (AvgIpc) is 2.70. The Balaban J connectivity index is 2.75. The standard InChI is InChI=1S/C11H8BrFN2O4/c1-15-6(3-5(14-15)11(18)19)8-9(13)4(12)2-7(16)10(8)17/h2-3,16-17H,1H3,(H,18,19). The second-order valence-electron chi connectivity index (χ2n) is 3.76. The Kier molecular flexibility index (Phi) is 3.19. The fourth-order valence-corrected chi connectivity index (χ4v) is 2.06. The number of carbonyl (C=O) groups is 1. The molecule has 0 aliphatic heterocycles. The molecule has 0 saturated carbocycles. The Morgan fingerprint density at radius 1 is 1.42 bits per heavy atom. The summed E-state index contributed by atoms with van der Waals surface area (Å²) in [5, 5.41) is 31.7. The van der Waals surface area contributed by atoms with Gasteiger partial charge < -0.3 is 15.3 Å². The normalized spacial score (nSPS) is 10.7. The van der Waals surface area contributed by atoms with Crippen molar-refractivity contribution in [2.45, 2.75) is 0 Å². The van der Waals surface area contributed by atoms with Crippen LogP contribution in [0.2, 0.25) is 0 Å². The van der Waals surface area contributed by atoms with E-state index in [-0.39, 0.29) is 21.4 Å². The molecule has 0 atom stereocenters. The highest BCUT2D eigenvalue weighted by molar-refractivity contribution is 9.10. The van der Waals surface area contributed by atoms with Crippen molar-refractivity contribution in [3.05, 3.63) is 28.1 Å². The maximum Gasteiger partial charge on any atom is 0.356 e. The van der Waals surface area contributed by atoms with E-state index in [1.165, 1.54) is 7.05 Å². The van der Waals surface area contributed by atoms with Crippen LogP contribution in [0.4, 0.5) is 4.39 Å². The third-order valence-corrected chi connectivity index (χ3v) is 3.10. The van der Waals surface area contributed by atoms with Gasteiger partial charge in [0.25, 0.3) is 0 Å². The average molecular weight is 331 g/mol. The highest BCUT2D eigenvalue weighted by Gasteiger charge is 2.22. The number of nitrogens with zero attached hydrogens (tertiary/aromatic N) is 2. The third kappa shape index (κ3) is 2.14. The van der Waals surface area contributed by atoms with Crippen LogP contribution in [0.5, 0.6) is 11.5 Å². The topological polar surface area (TPSA) is 95.6 Å². The van der Waals surface area contributed by atoms with E-state index in [1.807, 2.05) is 0 Å². The van der Waals surface area contributed by atoms with Gasteiger partial charge in [-0.05, 0) is 22.0 Å². The lowest BCUT2D eigenvalue weighted by atomic mass is 10.1. The number of aromatic carboxylic acids is 1. The van der Waals surface area contributed by atoms with Crippen LogP contribution in [-0.2, 0) is 7.05 Å². The fraction of sp³-hybridized carbons (Fsp3) is 0.0909. The van der Waals surface area contributed by atoms with Crippen molar-refractivity contribution in [2.24, 2.45) is 7.05 Å². The van der Waals surface area contributed by atoms with Crippen LogP contribution in [0.3, 0.4) is 0 Å². The minimum absolute atomic E-state index is 0.0315. The van der Waals surface area contributed by atoms with Gasteiger partial charge in [0.15, 0.2) is 23.0 Å². The molecule has 0 radical (unpaired) electrons. The zero-order chi connectivity index (χ0) is 14.3. The van der Waals surface area contributed by atoms with Gasteiger partial charge in [0.2, 0.25) is 0 Å². The SMILES string of the molecule is Cn1nc(C(=O)O)cc1-c1c(O)c(O)cc(Br)c1F. The molecule has 0 spiro atoms. The second kappa shape index (κ2) is 4.54. The van der Waals surface area contributed by atoms with Gasteiger partial charge in [-0.2, -0.15) is 5.10 Å². The summed E-state index contributed by atoms with van der Waals surface area (Å²) in [5.74, 6) is -3.31. The van der Waals surface area contributed by atoms with Crippen molar-refractivity contribution < 1.29 is 24.5 Å². The molecule has 2 aromatic rings.